The number of benzene rings is 1. The molecule has 0 unspecified atom stereocenters. The second kappa shape index (κ2) is 3.31. The Balaban J connectivity index is 2.30. The highest BCUT2D eigenvalue weighted by Crippen LogP contribution is 2.37. The van der Waals surface area contributed by atoms with Crippen molar-refractivity contribution in [3.05, 3.63) is 29.3 Å². The molecule has 0 fully saturated rings. The fourth-order valence-electron chi connectivity index (χ4n) is 1.65. The number of carboxylic acids is 1. The van der Waals surface area contributed by atoms with Crippen LogP contribution in [0.15, 0.2) is 18.2 Å². The molecular weight excluding hydrogens is 184 g/mol. The zero-order valence-electron chi connectivity index (χ0n) is 7.43. The van der Waals surface area contributed by atoms with Crippen molar-refractivity contribution in [3.8, 4) is 5.75 Å². The minimum atomic E-state index is -0.897. The summed E-state index contributed by atoms with van der Waals surface area (Å²) in [5.74, 6) is -0.721. The Hall–Kier alpha value is -1.55. The molecule has 4 nitrogen and oxygen atoms in total. The lowest BCUT2D eigenvalue weighted by Crippen LogP contribution is -2.04. The van der Waals surface area contributed by atoms with Gasteiger partial charge >= 0.3 is 5.97 Å². The van der Waals surface area contributed by atoms with Crippen molar-refractivity contribution in [2.45, 2.75) is 19.1 Å². The van der Waals surface area contributed by atoms with Gasteiger partial charge in [0.25, 0.3) is 0 Å². The van der Waals surface area contributed by atoms with Crippen LogP contribution in [0.2, 0.25) is 0 Å². The molecule has 0 saturated carbocycles. The molecule has 4 heteroatoms. The maximum absolute atomic E-state index is 10.5. The van der Waals surface area contributed by atoms with Gasteiger partial charge in [-0.1, -0.05) is 12.1 Å². The van der Waals surface area contributed by atoms with Crippen molar-refractivity contribution in [2.75, 3.05) is 0 Å². The molecule has 1 aromatic rings. The first-order valence-electron chi connectivity index (χ1n) is 4.32. The minimum absolute atomic E-state index is 0.0591. The van der Waals surface area contributed by atoms with Crippen molar-refractivity contribution in [2.24, 2.45) is 0 Å². The first-order valence-corrected chi connectivity index (χ1v) is 4.32. The van der Waals surface area contributed by atoms with Crippen LogP contribution in [0.1, 0.15) is 23.7 Å². The predicted molar refractivity (Wildman–Crippen MR) is 47.9 cm³/mol. The lowest BCUT2D eigenvalue weighted by atomic mass is 10.0. The predicted octanol–water partition coefficient (Wildman–Crippen LogP) is 1.44. The number of aliphatic carboxylic acids is 1. The summed E-state index contributed by atoms with van der Waals surface area (Å²) in [5.41, 5.74) is 1.49. The Morgan fingerprint density at radius 2 is 2.36 bits per heavy atom. The van der Waals surface area contributed by atoms with Crippen LogP contribution in [0.5, 0.6) is 5.75 Å². The van der Waals surface area contributed by atoms with Crippen LogP contribution in [0.25, 0.3) is 0 Å². The van der Waals surface area contributed by atoms with Gasteiger partial charge in [-0.15, -0.1) is 0 Å². The van der Waals surface area contributed by atoms with Crippen LogP contribution in [-0.4, -0.2) is 16.2 Å². The zero-order valence-corrected chi connectivity index (χ0v) is 7.43. The molecule has 0 saturated heterocycles. The van der Waals surface area contributed by atoms with Crippen molar-refractivity contribution >= 4 is 5.97 Å². The third-order valence-electron chi connectivity index (χ3n) is 2.32. The third-order valence-corrected chi connectivity index (χ3v) is 2.32. The molecule has 0 aromatic heterocycles. The van der Waals surface area contributed by atoms with Gasteiger partial charge in [-0.3, -0.25) is 4.79 Å². The molecule has 1 aliphatic rings. The number of fused-ring (bicyclic) bond motifs is 1. The van der Waals surface area contributed by atoms with E-state index in [-0.39, 0.29) is 12.2 Å². The highest BCUT2D eigenvalue weighted by molar-refractivity contribution is 5.68. The van der Waals surface area contributed by atoms with Gasteiger partial charge in [-0.25, -0.2) is 0 Å². The number of hydrogen-bond acceptors (Lipinski definition) is 3. The molecule has 0 spiro atoms. The van der Waals surface area contributed by atoms with E-state index in [0.717, 1.165) is 5.56 Å². The summed E-state index contributed by atoms with van der Waals surface area (Å²) >= 11 is 0. The molecule has 74 valence electrons. The van der Waals surface area contributed by atoms with Gasteiger partial charge in [0, 0.05) is 5.56 Å². The molecule has 2 N–H and O–H groups in total. The Morgan fingerprint density at radius 1 is 1.57 bits per heavy atom. The van der Waals surface area contributed by atoms with Crippen LogP contribution in [0, 0.1) is 0 Å². The van der Waals surface area contributed by atoms with E-state index in [1.165, 1.54) is 0 Å². The maximum Gasteiger partial charge on any atom is 0.306 e. The standard InChI is InChI=1S/C10H10O4/c11-8-3-1-2-6-7(8)5-14-9(6)4-10(12)13/h1-3,9,11H,4-5H2,(H,12,13)/t9-/m0/s1. The van der Waals surface area contributed by atoms with Gasteiger partial charge < -0.3 is 14.9 Å². The molecule has 1 heterocycles. The number of hydrogen-bond donors (Lipinski definition) is 2. The van der Waals surface area contributed by atoms with Crippen LogP contribution >= 0.6 is 0 Å². The largest absolute Gasteiger partial charge is 0.508 e. The summed E-state index contributed by atoms with van der Waals surface area (Å²) in [6.45, 7) is 0.292. The van der Waals surface area contributed by atoms with Crippen LogP contribution in [-0.2, 0) is 16.1 Å². The number of rotatable bonds is 2. The summed E-state index contributed by atoms with van der Waals surface area (Å²) in [7, 11) is 0. The van der Waals surface area contributed by atoms with E-state index in [2.05, 4.69) is 0 Å². The molecule has 1 aromatic carbocycles. The van der Waals surface area contributed by atoms with Crippen molar-refractivity contribution in [3.63, 3.8) is 0 Å². The Labute approximate surface area is 80.7 Å². The van der Waals surface area contributed by atoms with E-state index < -0.39 is 12.1 Å². The third kappa shape index (κ3) is 1.44. The van der Waals surface area contributed by atoms with Gasteiger partial charge in [0.2, 0.25) is 0 Å². The summed E-state index contributed by atoms with van der Waals surface area (Å²) in [5, 5.41) is 18.1. The van der Waals surface area contributed by atoms with E-state index in [4.69, 9.17) is 9.84 Å². The summed E-state index contributed by atoms with van der Waals surface area (Å²) in [4.78, 5) is 10.5. The number of carbonyl (C=O) groups is 1. The van der Waals surface area contributed by atoms with Gasteiger partial charge in [-0.2, -0.15) is 0 Å². The minimum Gasteiger partial charge on any atom is -0.508 e. The maximum atomic E-state index is 10.5. The quantitative estimate of drug-likeness (QED) is 0.747. The second-order valence-corrected chi connectivity index (χ2v) is 3.24. The molecule has 0 radical (unpaired) electrons. The van der Waals surface area contributed by atoms with Crippen LogP contribution in [0.3, 0.4) is 0 Å². The van der Waals surface area contributed by atoms with Crippen LogP contribution < -0.4 is 0 Å². The topological polar surface area (TPSA) is 66.8 Å². The highest BCUT2D eigenvalue weighted by atomic mass is 16.5. The van der Waals surface area contributed by atoms with E-state index in [1.54, 1.807) is 18.2 Å². The van der Waals surface area contributed by atoms with Gasteiger partial charge in [0.05, 0.1) is 19.1 Å². The number of aromatic hydroxyl groups is 1. The number of ether oxygens (including phenoxy) is 1. The average molecular weight is 194 g/mol. The van der Waals surface area contributed by atoms with Gasteiger partial charge in [0.15, 0.2) is 0 Å². The van der Waals surface area contributed by atoms with E-state index in [9.17, 15) is 9.90 Å². The smallest absolute Gasteiger partial charge is 0.306 e. The first kappa shape index (κ1) is 9.02. The highest BCUT2D eigenvalue weighted by Gasteiger charge is 2.27. The Bertz CT molecular complexity index is 372. The fourth-order valence-corrected chi connectivity index (χ4v) is 1.65. The monoisotopic (exact) mass is 194 g/mol. The SMILES string of the molecule is O=C(O)C[C@@H]1OCc2c(O)cccc21. The molecular formula is C10H10O4. The lowest BCUT2D eigenvalue weighted by molar-refractivity contribution is -0.140. The fraction of sp³-hybridized carbons (Fsp3) is 0.300. The molecule has 0 bridgehead atoms. The average Bonchev–Trinajstić information content (AvgIpc) is 2.49. The second-order valence-electron chi connectivity index (χ2n) is 3.24. The molecule has 2 rings (SSSR count). The number of carboxylic acid groups (broad SMARTS) is 1. The lowest BCUT2D eigenvalue weighted by Gasteiger charge is -2.07. The first-order chi connectivity index (χ1) is 6.68. The number of phenols is 1. The summed E-state index contributed by atoms with van der Waals surface area (Å²) < 4.78 is 5.27. The van der Waals surface area contributed by atoms with Crippen molar-refractivity contribution in [1.29, 1.82) is 0 Å². The number of phenolic OH excluding ortho intramolecular Hbond substituents is 1. The zero-order chi connectivity index (χ0) is 10.1. The van der Waals surface area contributed by atoms with Crippen molar-refractivity contribution < 1.29 is 19.7 Å². The summed E-state index contributed by atoms with van der Waals surface area (Å²) in [6, 6.07) is 5.05. The summed E-state index contributed by atoms with van der Waals surface area (Å²) in [6.07, 6.45) is -0.481. The molecule has 14 heavy (non-hydrogen) atoms. The Kier molecular flexibility index (Phi) is 2.13. The molecule has 1 aliphatic heterocycles. The van der Waals surface area contributed by atoms with Gasteiger partial charge in [0.1, 0.15) is 5.75 Å². The van der Waals surface area contributed by atoms with E-state index in [0.29, 0.717) is 12.2 Å². The normalized spacial score (nSPS) is 19.3. The Morgan fingerprint density at radius 3 is 3.07 bits per heavy atom. The molecule has 0 aliphatic carbocycles. The van der Waals surface area contributed by atoms with E-state index >= 15 is 0 Å². The molecule has 1 atom stereocenters. The molecule has 0 amide bonds. The van der Waals surface area contributed by atoms with Crippen molar-refractivity contribution in [1.82, 2.24) is 0 Å². The van der Waals surface area contributed by atoms with E-state index in [1.807, 2.05) is 0 Å². The van der Waals surface area contributed by atoms with Crippen LogP contribution in [0.4, 0.5) is 0 Å². The van der Waals surface area contributed by atoms with Gasteiger partial charge in [-0.05, 0) is 11.6 Å².